The van der Waals surface area contributed by atoms with Crippen molar-refractivity contribution in [3.8, 4) is 5.75 Å². The number of hydrogen-bond donors (Lipinski definition) is 2. The van der Waals surface area contributed by atoms with E-state index in [0.29, 0.717) is 25.6 Å². The van der Waals surface area contributed by atoms with Gasteiger partial charge < -0.3 is 15.4 Å². The number of hydrogen-bond acceptors (Lipinski definition) is 3. The number of aromatic nitrogens is 2. The molecule has 29 heavy (non-hydrogen) atoms. The van der Waals surface area contributed by atoms with Crippen LogP contribution in [0.3, 0.4) is 0 Å². The van der Waals surface area contributed by atoms with Crippen LogP contribution in [-0.2, 0) is 19.6 Å². The molecule has 0 aliphatic heterocycles. The first kappa shape index (κ1) is 20.3. The number of benzene rings is 2. The van der Waals surface area contributed by atoms with E-state index in [1.807, 2.05) is 35.1 Å². The summed E-state index contributed by atoms with van der Waals surface area (Å²) in [4.78, 5) is 4.22. The lowest BCUT2D eigenvalue weighted by atomic mass is 10.1. The Balaban J connectivity index is 1.56. The maximum Gasteiger partial charge on any atom is 0.387 e. The van der Waals surface area contributed by atoms with Gasteiger partial charge in [-0.25, -0.2) is 0 Å². The third kappa shape index (κ3) is 6.31. The summed E-state index contributed by atoms with van der Waals surface area (Å²) in [6, 6.07) is 16.6. The molecule has 0 aliphatic carbocycles. The molecule has 0 saturated carbocycles. The number of nitrogens with one attached hydrogen (secondary N) is 2. The summed E-state index contributed by atoms with van der Waals surface area (Å²) in [6.07, 6.45) is 3.69. The Morgan fingerprint density at radius 1 is 1.07 bits per heavy atom. The van der Waals surface area contributed by atoms with Crippen LogP contribution in [-0.4, -0.2) is 29.4 Å². The molecule has 6 nitrogen and oxygen atoms in total. The van der Waals surface area contributed by atoms with E-state index >= 15 is 0 Å². The van der Waals surface area contributed by atoms with Crippen molar-refractivity contribution in [3.63, 3.8) is 0 Å². The summed E-state index contributed by atoms with van der Waals surface area (Å²) in [5.41, 5.74) is 3.11. The third-order valence-electron chi connectivity index (χ3n) is 4.26. The van der Waals surface area contributed by atoms with Gasteiger partial charge in [0.05, 0.1) is 6.54 Å². The molecule has 2 aromatic carbocycles. The Hall–Kier alpha value is -3.42. The van der Waals surface area contributed by atoms with Crippen molar-refractivity contribution >= 4 is 5.96 Å². The number of rotatable bonds is 8. The van der Waals surface area contributed by atoms with Crippen molar-refractivity contribution in [2.24, 2.45) is 4.99 Å². The van der Waals surface area contributed by atoms with Gasteiger partial charge in [0, 0.05) is 32.5 Å². The fourth-order valence-corrected chi connectivity index (χ4v) is 2.87. The van der Waals surface area contributed by atoms with Gasteiger partial charge in [0.2, 0.25) is 0 Å². The smallest absolute Gasteiger partial charge is 0.387 e. The van der Waals surface area contributed by atoms with E-state index < -0.39 is 6.61 Å². The fraction of sp³-hybridized carbons (Fsp3) is 0.238. The standard InChI is InChI=1S/C21H23F2N5O/c1-24-21(25-13-16-6-4-9-19(12-16)29-20(22)23)26-14-17-7-2-3-8-18(17)15-28-11-5-10-27-28/h2-12,20H,13-15H2,1H3,(H2,24,25,26). The van der Waals surface area contributed by atoms with Crippen LogP contribution < -0.4 is 15.4 Å². The molecule has 0 spiro atoms. The lowest BCUT2D eigenvalue weighted by molar-refractivity contribution is -0.0498. The van der Waals surface area contributed by atoms with Crippen LogP contribution in [0.2, 0.25) is 0 Å². The van der Waals surface area contributed by atoms with E-state index in [0.717, 1.165) is 16.7 Å². The highest BCUT2D eigenvalue weighted by Crippen LogP contribution is 2.16. The van der Waals surface area contributed by atoms with E-state index in [4.69, 9.17) is 0 Å². The van der Waals surface area contributed by atoms with Gasteiger partial charge in [-0.3, -0.25) is 9.67 Å². The number of alkyl halides is 2. The molecule has 0 unspecified atom stereocenters. The lowest BCUT2D eigenvalue weighted by Gasteiger charge is -2.15. The van der Waals surface area contributed by atoms with Crippen LogP contribution in [0.1, 0.15) is 16.7 Å². The van der Waals surface area contributed by atoms with E-state index in [-0.39, 0.29) is 5.75 Å². The molecule has 3 aromatic rings. The van der Waals surface area contributed by atoms with Crippen LogP contribution in [0.25, 0.3) is 0 Å². The second kappa shape index (κ2) is 10.2. The highest BCUT2D eigenvalue weighted by atomic mass is 19.3. The molecular formula is C21H23F2N5O. The van der Waals surface area contributed by atoms with Crippen molar-refractivity contribution < 1.29 is 13.5 Å². The Labute approximate surface area is 168 Å². The second-order valence-corrected chi connectivity index (χ2v) is 6.28. The summed E-state index contributed by atoms with van der Waals surface area (Å²) in [5.74, 6) is 0.744. The molecule has 0 atom stereocenters. The van der Waals surface area contributed by atoms with Crippen LogP contribution in [0.4, 0.5) is 8.78 Å². The molecule has 3 rings (SSSR count). The molecular weight excluding hydrogens is 376 g/mol. The molecule has 0 aliphatic rings. The molecule has 0 radical (unpaired) electrons. The van der Waals surface area contributed by atoms with Crippen LogP contribution in [0.15, 0.2) is 72.0 Å². The Morgan fingerprint density at radius 3 is 2.59 bits per heavy atom. The Kier molecular flexibility index (Phi) is 7.16. The fourth-order valence-electron chi connectivity index (χ4n) is 2.87. The van der Waals surface area contributed by atoms with Crippen molar-refractivity contribution in [1.29, 1.82) is 0 Å². The molecule has 1 heterocycles. The first-order chi connectivity index (χ1) is 14.1. The maximum atomic E-state index is 12.4. The van der Waals surface area contributed by atoms with Gasteiger partial charge in [0.15, 0.2) is 5.96 Å². The van der Waals surface area contributed by atoms with E-state index in [1.165, 1.54) is 6.07 Å². The number of ether oxygens (including phenoxy) is 1. The molecule has 0 saturated heterocycles. The lowest BCUT2D eigenvalue weighted by Crippen LogP contribution is -2.36. The number of guanidine groups is 1. The molecule has 0 fully saturated rings. The van der Waals surface area contributed by atoms with Crippen LogP contribution in [0, 0.1) is 0 Å². The molecule has 1 aromatic heterocycles. The quantitative estimate of drug-likeness (QED) is 0.450. The molecule has 0 bridgehead atoms. The normalized spacial score (nSPS) is 11.5. The van der Waals surface area contributed by atoms with Gasteiger partial charge in [0.1, 0.15) is 5.75 Å². The zero-order valence-corrected chi connectivity index (χ0v) is 16.1. The maximum absolute atomic E-state index is 12.4. The van der Waals surface area contributed by atoms with E-state index in [9.17, 15) is 8.78 Å². The molecule has 0 amide bonds. The Morgan fingerprint density at radius 2 is 1.86 bits per heavy atom. The van der Waals surface area contributed by atoms with Gasteiger partial charge in [-0.05, 0) is 34.9 Å². The predicted molar refractivity (Wildman–Crippen MR) is 108 cm³/mol. The van der Waals surface area contributed by atoms with Crippen molar-refractivity contribution in [1.82, 2.24) is 20.4 Å². The second-order valence-electron chi connectivity index (χ2n) is 6.28. The van der Waals surface area contributed by atoms with Crippen molar-refractivity contribution in [2.45, 2.75) is 26.2 Å². The predicted octanol–water partition coefficient (Wildman–Crippen LogP) is 3.40. The average Bonchev–Trinajstić information content (AvgIpc) is 3.22. The molecule has 152 valence electrons. The zero-order valence-electron chi connectivity index (χ0n) is 16.1. The van der Waals surface area contributed by atoms with Crippen molar-refractivity contribution in [2.75, 3.05) is 7.05 Å². The monoisotopic (exact) mass is 399 g/mol. The summed E-state index contributed by atoms with van der Waals surface area (Å²) >= 11 is 0. The van der Waals surface area contributed by atoms with Crippen molar-refractivity contribution in [3.05, 3.63) is 83.7 Å². The Bertz CT molecular complexity index is 928. The summed E-state index contributed by atoms with van der Waals surface area (Å²) < 4.78 is 31.0. The number of nitrogens with zero attached hydrogens (tertiary/aromatic N) is 3. The summed E-state index contributed by atoms with van der Waals surface area (Å²) in [5, 5.41) is 10.7. The molecule has 8 heteroatoms. The third-order valence-corrected chi connectivity index (χ3v) is 4.26. The van der Waals surface area contributed by atoms with Crippen LogP contribution in [0.5, 0.6) is 5.75 Å². The first-order valence-corrected chi connectivity index (χ1v) is 9.16. The van der Waals surface area contributed by atoms with Gasteiger partial charge in [-0.2, -0.15) is 13.9 Å². The highest BCUT2D eigenvalue weighted by molar-refractivity contribution is 5.79. The first-order valence-electron chi connectivity index (χ1n) is 9.16. The number of halogens is 2. The summed E-state index contributed by atoms with van der Waals surface area (Å²) in [6.45, 7) is -1.14. The van der Waals surface area contributed by atoms with Gasteiger partial charge in [-0.15, -0.1) is 0 Å². The van der Waals surface area contributed by atoms with Gasteiger partial charge in [-0.1, -0.05) is 36.4 Å². The average molecular weight is 399 g/mol. The largest absolute Gasteiger partial charge is 0.435 e. The number of aliphatic imine (C=N–C) groups is 1. The minimum absolute atomic E-state index is 0.134. The molecule has 2 N–H and O–H groups in total. The topological polar surface area (TPSA) is 63.5 Å². The summed E-state index contributed by atoms with van der Waals surface area (Å²) in [7, 11) is 1.68. The van der Waals surface area contributed by atoms with E-state index in [1.54, 1.807) is 25.4 Å². The highest BCUT2D eigenvalue weighted by Gasteiger charge is 2.07. The van der Waals surface area contributed by atoms with E-state index in [2.05, 4.69) is 37.6 Å². The van der Waals surface area contributed by atoms with Crippen LogP contribution >= 0.6 is 0 Å². The zero-order chi connectivity index (χ0) is 20.5. The minimum Gasteiger partial charge on any atom is -0.435 e. The SMILES string of the molecule is CN=C(NCc1cccc(OC(F)F)c1)NCc1ccccc1Cn1cccn1. The van der Waals surface area contributed by atoms with Gasteiger partial charge >= 0.3 is 6.61 Å². The minimum atomic E-state index is -2.84. The van der Waals surface area contributed by atoms with Gasteiger partial charge in [0.25, 0.3) is 0 Å².